The van der Waals surface area contributed by atoms with E-state index in [2.05, 4.69) is 4.98 Å². The lowest BCUT2D eigenvalue weighted by molar-refractivity contribution is -0.149. The van der Waals surface area contributed by atoms with E-state index in [0.717, 1.165) is 51.6 Å². The van der Waals surface area contributed by atoms with Crippen LogP contribution in [0.3, 0.4) is 0 Å². The molecule has 1 spiro atoms. The SMILES string of the molecule is O=C(c1ccncc1)N1CCC2(CCC(C(=O)N3CCCC3)O2)CC1. The molecule has 6 heteroatoms. The maximum absolute atomic E-state index is 12.6. The van der Waals surface area contributed by atoms with Crippen LogP contribution in [0, 0.1) is 0 Å². The zero-order valence-electron chi connectivity index (χ0n) is 14.5. The van der Waals surface area contributed by atoms with Gasteiger partial charge in [0.1, 0.15) is 6.10 Å². The number of aromatic nitrogens is 1. The normalized spacial score (nSPS) is 25.5. The minimum atomic E-state index is -0.277. The van der Waals surface area contributed by atoms with Gasteiger partial charge in [-0.3, -0.25) is 14.6 Å². The summed E-state index contributed by atoms with van der Waals surface area (Å²) in [5.74, 6) is 0.226. The fraction of sp³-hybridized carbons (Fsp3) is 0.632. The molecule has 3 aliphatic rings. The molecule has 0 aliphatic carbocycles. The second kappa shape index (κ2) is 6.75. The zero-order chi connectivity index (χ0) is 17.3. The first-order valence-electron chi connectivity index (χ1n) is 9.33. The number of nitrogens with zero attached hydrogens (tertiary/aromatic N) is 3. The first-order chi connectivity index (χ1) is 12.2. The topological polar surface area (TPSA) is 62.7 Å². The van der Waals surface area contributed by atoms with Crippen LogP contribution in [0.1, 0.15) is 48.9 Å². The molecule has 3 fully saturated rings. The number of piperidine rings is 1. The molecule has 134 valence electrons. The number of rotatable bonds is 2. The summed E-state index contributed by atoms with van der Waals surface area (Å²) in [5.41, 5.74) is 0.468. The Morgan fingerprint density at radius 2 is 1.68 bits per heavy atom. The lowest BCUT2D eigenvalue weighted by atomic mass is 9.88. The number of pyridine rings is 1. The van der Waals surface area contributed by atoms with Crippen LogP contribution in [0.25, 0.3) is 0 Å². The Hall–Kier alpha value is -1.95. The van der Waals surface area contributed by atoms with Gasteiger partial charge in [-0.25, -0.2) is 0 Å². The smallest absolute Gasteiger partial charge is 0.253 e. The number of hydrogen-bond donors (Lipinski definition) is 0. The quantitative estimate of drug-likeness (QED) is 0.822. The average Bonchev–Trinajstić information content (AvgIpc) is 3.33. The molecule has 4 rings (SSSR count). The van der Waals surface area contributed by atoms with Gasteiger partial charge in [0, 0.05) is 44.1 Å². The van der Waals surface area contributed by atoms with Gasteiger partial charge in [-0.05, 0) is 50.7 Å². The third-order valence-corrected chi connectivity index (χ3v) is 5.84. The molecule has 1 atom stereocenters. The summed E-state index contributed by atoms with van der Waals surface area (Å²) in [6.45, 7) is 3.12. The van der Waals surface area contributed by atoms with E-state index in [-0.39, 0.29) is 23.5 Å². The second-order valence-electron chi connectivity index (χ2n) is 7.39. The Labute approximate surface area is 148 Å². The molecule has 0 saturated carbocycles. The fourth-order valence-electron chi connectivity index (χ4n) is 4.29. The molecule has 0 aromatic carbocycles. The Bertz CT molecular complexity index is 635. The summed E-state index contributed by atoms with van der Waals surface area (Å²) in [6.07, 6.45) is 8.59. The van der Waals surface area contributed by atoms with Gasteiger partial charge in [0.15, 0.2) is 0 Å². The molecule has 6 nitrogen and oxygen atoms in total. The molecule has 2 amide bonds. The molecule has 25 heavy (non-hydrogen) atoms. The third-order valence-electron chi connectivity index (χ3n) is 5.84. The van der Waals surface area contributed by atoms with Crippen molar-refractivity contribution < 1.29 is 14.3 Å². The minimum absolute atomic E-state index is 0.0555. The molecule has 3 aliphatic heterocycles. The number of hydrogen-bond acceptors (Lipinski definition) is 4. The minimum Gasteiger partial charge on any atom is -0.362 e. The van der Waals surface area contributed by atoms with E-state index in [9.17, 15) is 9.59 Å². The van der Waals surface area contributed by atoms with Gasteiger partial charge < -0.3 is 14.5 Å². The van der Waals surface area contributed by atoms with E-state index in [1.807, 2.05) is 9.80 Å². The van der Waals surface area contributed by atoms with Crippen LogP contribution in [0.15, 0.2) is 24.5 Å². The molecule has 0 bridgehead atoms. The van der Waals surface area contributed by atoms with E-state index < -0.39 is 0 Å². The van der Waals surface area contributed by atoms with Crippen LogP contribution in [0.4, 0.5) is 0 Å². The summed E-state index contributed by atoms with van der Waals surface area (Å²) in [5, 5.41) is 0. The van der Waals surface area contributed by atoms with E-state index in [4.69, 9.17) is 4.74 Å². The molecule has 1 unspecified atom stereocenters. The van der Waals surface area contributed by atoms with Gasteiger partial charge >= 0.3 is 0 Å². The number of amides is 2. The molecule has 1 aromatic rings. The van der Waals surface area contributed by atoms with Crippen molar-refractivity contribution in [1.29, 1.82) is 0 Å². The van der Waals surface area contributed by atoms with Crippen molar-refractivity contribution in [1.82, 2.24) is 14.8 Å². The van der Waals surface area contributed by atoms with Gasteiger partial charge in [0.2, 0.25) is 0 Å². The highest BCUT2D eigenvalue weighted by molar-refractivity contribution is 5.94. The largest absolute Gasteiger partial charge is 0.362 e. The van der Waals surface area contributed by atoms with Crippen molar-refractivity contribution in [3.63, 3.8) is 0 Å². The molecule has 0 radical (unpaired) electrons. The Kier molecular flexibility index (Phi) is 4.46. The highest BCUT2D eigenvalue weighted by atomic mass is 16.5. The van der Waals surface area contributed by atoms with Crippen molar-refractivity contribution in [3.8, 4) is 0 Å². The highest BCUT2D eigenvalue weighted by Gasteiger charge is 2.46. The molecular formula is C19H25N3O3. The first-order valence-corrected chi connectivity index (χ1v) is 9.33. The van der Waals surface area contributed by atoms with E-state index in [0.29, 0.717) is 18.7 Å². The average molecular weight is 343 g/mol. The van der Waals surface area contributed by atoms with Crippen molar-refractivity contribution in [2.45, 2.75) is 50.2 Å². The molecule has 3 saturated heterocycles. The lowest BCUT2D eigenvalue weighted by Crippen LogP contribution is -2.47. The van der Waals surface area contributed by atoms with E-state index >= 15 is 0 Å². The van der Waals surface area contributed by atoms with Crippen LogP contribution in [-0.2, 0) is 9.53 Å². The standard InChI is InChI=1S/C19H25N3O3/c23-17(15-4-9-20-10-5-15)22-13-7-19(8-14-22)6-3-16(25-19)18(24)21-11-1-2-12-21/h4-5,9-10,16H,1-3,6-8,11-14H2. The van der Waals surface area contributed by atoms with Crippen LogP contribution < -0.4 is 0 Å². The first kappa shape index (κ1) is 16.5. The van der Waals surface area contributed by atoms with Gasteiger partial charge in [0.05, 0.1) is 5.60 Å². The second-order valence-corrected chi connectivity index (χ2v) is 7.39. The Morgan fingerprint density at radius 1 is 1.00 bits per heavy atom. The van der Waals surface area contributed by atoms with Crippen molar-refractivity contribution >= 4 is 11.8 Å². The van der Waals surface area contributed by atoms with Gasteiger partial charge in [0.25, 0.3) is 11.8 Å². The number of likely N-dealkylation sites (tertiary alicyclic amines) is 2. The maximum Gasteiger partial charge on any atom is 0.253 e. The fourth-order valence-corrected chi connectivity index (χ4v) is 4.29. The van der Waals surface area contributed by atoms with Crippen molar-refractivity contribution in [2.75, 3.05) is 26.2 Å². The van der Waals surface area contributed by atoms with Gasteiger partial charge in [-0.2, -0.15) is 0 Å². The van der Waals surface area contributed by atoms with E-state index in [1.54, 1.807) is 24.5 Å². The van der Waals surface area contributed by atoms with Crippen LogP contribution in [-0.4, -0.2) is 64.5 Å². The van der Waals surface area contributed by atoms with Crippen LogP contribution in [0.2, 0.25) is 0 Å². The van der Waals surface area contributed by atoms with Gasteiger partial charge in [-0.1, -0.05) is 0 Å². The third kappa shape index (κ3) is 3.27. The van der Waals surface area contributed by atoms with Crippen LogP contribution >= 0.6 is 0 Å². The van der Waals surface area contributed by atoms with Gasteiger partial charge in [-0.15, -0.1) is 0 Å². The zero-order valence-corrected chi connectivity index (χ0v) is 14.5. The van der Waals surface area contributed by atoms with Crippen molar-refractivity contribution in [3.05, 3.63) is 30.1 Å². The lowest BCUT2D eigenvalue weighted by Gasteiger charge is -2.39. The molecular weight excluding hydrogens is 318 g/mol. The Balaban J connectivity index is 1.34. The predicted molar refractivity (Wildman–Crippen MR) is 92.0 cm³/mol. The summed E-state index contributed by atoms with van der Waals surface area (Å²) < 4.78 is 6.26. The Morgan fingerprint density at radius 3 is 2.36 bits per heavy atom. The molecule has 0 N–H and O–H groups in total. The van der Waals surface area contributed by atoms with Crippen molar-refractivity contribution in [2.24, 2.45) is 0 Å². The maximum atomic E-state index is 12.6. The highest BCUT2D eigenvalue weighted by Crippen LogP contribution is 2.39. The van der Waals surface area contributed by atoms with Crippen LogP contribution in [0.5, 0.6) is 0 Å². The number of carbonyl (C=O) groups excluding carboxylic acids is 2. The molecule has 4 heterocycles. The number of carbonyl (C=O) groups is 2. The summed E-state index contributed by atoms with van der Waals surface area (Å²) in [7, 11) is 0. The summed E-state index contributed by atoms with van der Waals surface area (Å²) in [4.78, 5) is 32.9. The van der Waals surface area contributed by atoms with E-state index in [1.165, 1.54) is 0 Å². The number of ether oxygens (including phenoxy) is 1. The molecule has 1 aromatic heterocycles. The monoisotopic (exact) mass is 343 g/mol. The summed E-state index contributed by atoms with van der Waals surface area (Å²) >= 11 is 0. The predicted octanol–water partition coefficient (Wildman–Crippen LogP) is 1.86. The summed E-state index contributed by atoms with van der Waals surface area (Å²) in [6, 6.07) is 3.51.